The molecule has 1 N–H and O–H groups in total. The molecule has 1 rings (SSSR count). The lowest BCUT2D eigenvalue weighted by Crippen LogP contribution is -2.21. The second kappa shape index (κ2) is 8.65. The van der Waals surface area contributed by atoms with Crippen molar-refractivity contribution in [3.63, 3.8) is 0 Å². The summed E-state index contributed by atoms with van der Waals surface area (Å²) in [5.41, 5.74) is 1.04. The lowest BCUT2D eigenvalue weighted by Gasteiger charge is -2.18. The molecule has 1 aromatic rings. The summed E-state index contributed by atoms with van der Waals surface area (Å²) in [4.78, 5) is 0. The first-order chi connectivity index (χ1) is 8.67. The minimum absolute atomic E-state index is 0.171. The van der Waals surface area contributed by atoms with E-state index in [0.29, 0.717) is 0 Å². The molecule has 102 valence electrons. The molecule has 1 unspecified atom stereocenters. The van der Waals surface area contributed by atoms with E-state index in [1.165, 1.54) is 31.7 Å². The van der Waals surface area contributed by atoms with Crippen molar-refractivity contribution in [1.82, 2.24) is 5.32 Å². The molecule has 0 radical (unpaired) electrons. The highest BCUT2D eigenvalue weighted by atomic mass is 79.9. The van der Waals surface area contributed by atoms with Crippen molar-refractivity contribution in [2.45, 2.75) is 52.0 Å². The summed E-state index contributed by atoms with van der Waals surface area (Å²) in [5.74, 6) is -0.171. The third-order valence-electron chi connectivity index (χ3n) is 3.08. The Balaban J connectivity index is 2.64. The van der Waals surface area contributed by atoms with Crippen LogP contribution in [0.25, 0.3) is 0 Å². The minimum Gasteiger partial charge on any atom is -0.310 e. The third-order valence-corrected chi connectivity index (χ3v) is 3.54. The highest BCUT2D eigenvalue weighted by molar-refractivity contribution is 9.10. The second-order valence-corrected chi connectivity index (χ2v) is 5.58. The first-order valence-corrected chi connectivity index (χ1v) is 7.66. The van der Waals surface area contributed by atoms with Gasteiger partial charge in [-0.1, -0.05) is 55.5 Å². The van der Waals surface area contributed by atoms with Crippen LogP contribution < -0.4 is 5.32 Å². The van der Waals surface area contributed by atoms with Crippen molar-refractivity contribution in [1.29, 1.82) is 0 Å². The van der Waals surface area contributed by atoms with Gasteiger partial charge >= 0.3 is 0 Å². The lowest BCUT2D eigenvalue weighted by molar-refractivity contribution is 0.479. The summed E-state index contributed by atoms with van der Waals surface area (Å²) in [6, 6.07) is 5.41. The molecule has 1 nitrogen and oxygen atoms in total. The fourth-order valence-electron chi connectivity index (χ4n) is 2.18. The molecular weight excluding hydrogens is 293 g/mol. The number of hydrogen-bond acceptors (Lipinski definition) is 1. The van der Waals surface area contributed by atoms with Gasteiger partial charge in [-0.2, -0.15) is 0 Å². The number of unbranched alkanes of at least 4 members (excludes halogenated alkanes) is 3. The van der Waals surface area contributed by atoms with E-state index >= 15 is 0 Å². The predicted octanol–water partition coefficient (Wildman–Crippen LogP) is 5.21. The van der Waals surface area contributed by atoms with Crippen LogP contribution in [0.4, 0.5) is 4.39 Å². The first kappa shape index (κ1) is 15.6. The molecule has 0 saturated carbocycles. The van der Waals surface area contributed by atoms with Gasteiger partial charge in [-0.3, -0.25) is 0 Å². The third kappa shape index (κ3) is 5.49. The van der Waals surface area contributed by atoms with Gasteiger partial charge in [0.05, 0.1) is 0 Å². The fraction of sp³-hybridized carbons (Fsp3) is 0.600. The molecule has 0 bridgehead atoms. The Morgan fingerprint density at radius 2 is 1.94 bits per heavy atom. The first-order valence-electron chi connectivity index (χ1n) is 6.86. The van der Waals surface area contributed by atoms with E-state index in [-0.39, 0.29) is 11.9 Å². The molecule has 1 aromatic carbocycles. The number of nitrogens with one attached hydrogen (secondary N) is 1. The zero-order valence-electron chi connectivity index (χ0n) is 11.3. The topological polar surface area (TPSA) is 12.0 Å². The molecule has 1 atom stereocenters. The van der Waals surface area contributed by atoms with Crippen LogP contribution in [0.2, 0.25) is 0 Å². The van der Waals surface area contributed by atoms with Crippen molar-refractivity contribution in [3.05, 3.63) is 34.1 Å². The Morgan fingerprint density at radius 1 is 1.17 bits per heavy atom. The Hall–Kier alpha value is -0.410. The highest BCUT2D eigenvalue weighted by Gasteiger charge is 2.11. The Morgan fingerprint density at radius 3 is 2.56 bits per heavy atom. The van der Waals surface area contributed by atoms with Gasteiger partial charge in [-0.25, -0.2) is 4.39 Å². The zero-order valence-corrected chi connectivity index (χ0v) is 12.9. The average molecular weight is 316 g/mol. The minimum atomic E-state index is -0.171. The van der Waals surface area contributed by atoms with E-state index in [0.717, 1.165) is 23.0 Å². The van der Waals surface area contributed by atoms with Gasteiger partial charge in [0.2, 0.25) is 0 Å². The molecule has 3 heteroatoms. The van der Waals surface area contributed by atoms with Crippen LogP contribution >= 0.6 is 15.9 Å². The number of benzene rings is 1. The van der Waals surface area contributed by atoms with E-state index in [1.54, 1.807) is 6.07 Å². The maximum Gasteiger partial charge on any atom is 0.124 e. The van der Waals surface area contributed by atoms with Crippen LogP contribution in [0.1, 0.15) is 57.6 Å². The SMILES string of the molecule is CCCCCCC(NCC)c1cc(F)cc(Br)c1. The standard InChI is InChI=1S/C15H23BrFN/c1-3-5-6-7-8-15(18-4-2)12-9-13(16)11-14(17)10-12/h9-11,15,18H,3-8H2,1-2H3. The summed E-state index contributed by atoms with van der Waals surface area (Å²) >= 11 is 3.36. The number of rotatable bonds is 8. The van der Waals surface area contributed by atoms with Crippen LogP contribution in [-0.2, 0) is 0 Å². The second-order valence-electron chi connectivity index (χ2n) is 4.66. The summed E-state index contributed by atoms with van der Waals surface area (Å²) in [6.45, 7) is 5.21. The molecule has 0 aliphatic carbocycles. The van der Waals surface area contributed by atoms with Gasteiger partial charge in [0, 0.05) is 10.5 Å². The maximum absolute atomic E-state index is 13.4. The molecule has 0 heterocycles. The van der Waals surface area contributed by atoms with Gasteiger partial charge in [0.1, 0.15) is 5.82 Å². The van der Waals surface area contributed by atoms with E-state index in [4.69, 9.17) is 0 Å². The van der Waals surface area contributed by atoms with Crippen LogP contribution in [0.15, 0.2) is 22.7 Å². The fourth-order valence-corrected chi connectivity index (χ4v) is 2.67. The smallest absolute Gasteiger partial charge is 0.124 e. The quantitative estimate of drug-likeness (QED) is 0.649. The van der Waals surface area contributed by atoms with Crippen LogP contribution in [-0.4, -0.2) is 6.54 Å². The monoisotopic (exact) mass is 315 g/mol. The zero-order chi connectivity index (χ0) is 13.4. The highest BCUT2D eigenvalue weighted by Crippen LogP contribution is 2.24. The van der Waals surface area contributed by atoms with Crippen LogP contribution in [0.3, 0.4) is 0 Å². The largest absolute Gasteiger partial charge is 0.310 e. The molecule has 0 aliphatic heterocycles. The van der Waals surface area contributed by atoms with Crippen molar-refractivity contribution in [2.75, 3.05) is 6.54 Å². The van der Waals surface area contributed by atoms with E-state index < -0.39 is 0 Å². The van der Waals surface area contributed by atoms with Crippen LogP contribution in [0.5, 0.6) is 0 Å². The molecule has 0 fully saturated rings. The van der Waals surface area contributed by atoms with E-state index in [2.05, 4.69) is 35.1 Å². The lowest BCUT2D eigenvalue weighted by atomic mass is 10.00. The van der Waals surface area contributed by atoms with Crippen molar-refractivity contribution in [3.8, 4) is 0 Å². The Kier molecular flexibility index (Phi) is 7.52. The maximum atomic E-state index is 13.4. The van der Waals surface area contributed by atoms with Crippen molar-refractivity contribution < 1.29 is 4.39 Å². The number of halogens is 2. The Bertz CT molecular complexity index is 334. The summed E-state index contributed by atoms with van der Waals surface area (Å²) in [5, 5.41) is 3.44. The van der Waals surface area contributed by atoms with Gasteiger partial charge in [0.25, 0.3) is 0 Å². The molecule has 0 aliphatic rings. The van der Waals surface area contributed by atoms with E-state index in [9.17, 15) is 4.39 Å². The molecule has 0 aromatic heterocycles. The summed E-state index contributed by atoms with van der Waals surface area (Å²) < 4.78 is 14.2. The predicted molar refractivity (Wildman–Crippen MR) is 79.3 cm³/mol. The van der Waals surface area contributed by atoms with Crippen molar-refractivity contribution in [2.24, 2.45) is 0 Å². The van der Waals surface area contributed by atoms with Gasteiger partial charge in [-0.05, 0) is 36.7 Å². The van der Waals surface area contributed by atoms with Gasteiger partial charge < -0.3 is 5.32 Å². The molecule has 0 spiro atoms. The van der Waals surface area contributed by atoms with Crippen molar-refractivity contribution >= 4 is 15.9 Å². The normalized spacial score (nSPS) is 12.7. The molecule has 0 saturated heterocycles. The molecular formula is C15H23BrFN. The van der Waals surface area contributed by atoms with Gasteiger partial charge in [-0.15, -0.1) is 0 Å². The Labute approximate surface area is 118 Å². The molecule has 0 amide bonds. The van der Waals surface area contributed by atoms with E-state index in [1.807, 2.05) is 6.07 Å². The number of hydrogen-bond donors (Lipinski definition) is 1. The average Bonchev–Trinajstić information content (AvgIpc) is 2.32. The van der Waals surface area contributed by atoms with Gasteiger partial charge in [0.15, 0.2) is 0 Å². The van der Waals surface area contributed by atoms with Crippen LogP contribution in [0, 0.1) is 5.82 Å². The summed E-state index contributed by atoms with van der Waals surface area (Å²) in [6.07, 6.45) is 6.06. The summed E-state index contributed by atoms with van der Waals surface area (Å²) in [7, 11) is 0. The molecule has 18 heavy (non-hydrogen) atoms.